The number of para-hydroxylation sites is 1. The standard InChI is InChI=1S/C19H28N6O3/c1-19(2,3)28-18(26)20-13-15(21-14-7-5-4-6-8-14)16-22-17(24-23-16)25-9-11-27-12-10-25/h4-8,15,21H,9-13H2,1-3H3,(H,20,26)(H,22,23,24). The number of alkyl carbamates (subject to hydrolysis) is 1. The highest BCUT2D eigenvalue weighted by Crippen LogP contribution is 2.19. The molecule has 0 saturated carbocycles. The number of benzene rings is 1. The first-order chi connectivity index (χ1) is 13.4. The van der Waals surface area contributed by atoms with Gasteiger partial charge in [0.1, 0.15) is 11.6 Å². The second-order valence-electron chi connectivity index (χ2n) is 7.57. The molecule has 1 aromatic heterocycles. The molecule has 3 N–H and O–H groups in total. The highest BCUT2D eigenvalue weighted by atomic mass is 16.6. The van der Waals surface area contributed by atoms with Gasteiger partial charge in [0.2, 0.25) is 5.95 Å². The predicted octanol–water partition coefficient (Wildman–Crippen LogP) is 2.32. The maximum Gasteiger partial charge on any atom is 0.407 e. The van der Waals surface area contributed by atoms with Gasteiger partial charge in [0.15, 0.2) is 5.82 Å². The zero-order valence-corrected chi connectivity index (χ0v) is 16.6. The van der Waals surface area contributed by atoms with E-state index in [4.69, 9.17) is 9.47 Å². The van der Waals surface area contributed by atoms with Crippen molar-refractivity contribution in [2.45, 2.75) is 32.4 Å². The monoisotopic (exact) mass is 388 g/mol. The second kappa shape index (κ2) is 8.92. The molecular formula is C19H28N6O3. The van der Waals surface area contributed by atoms with E-state index in [1.54, 1.807) is 0 Å². The Labute approximate surface area is 164 Å². The number of hydrogen-bond donors (Lipinski definition) is 3. The van der Waals surface area contributed by atoms with Crippen LogP contribution in [0.1, 0.15) is 32.6 Å². The van der Waals surface area contributed by atoms with Crippen molar-refractivity contribution in [3.8, 4) is 0 Å². The van der Waals surface area contributed by atoms with E-state index in [0.717, 1.165) is 18.8 Å². The number of amides is 1. The minimum atomic E-state index is -0.553. The number of anilines is 2. The van der Waals surface area contributed by atoms with Crippen molar-refractivity contribution in [2.24, 2.45) is 0 Å². The Kier molecular flexibility index (Phi) is 6.35. The summed E-state index contributed by atoms with van der Waals surface area (Å²) in [5.74, 6) is 1.27. The molecule has 1 unspecified atom stereocenters. The normalized spacial score (nSPS) is 15.8. The van der Waals surface area contributed by atoms with Gasteiger partial charge in [-0.2, -0.15) is 4.98 Å². The largest absolute Gasteiger partial charge is 0.444 e. The Morgan fingerprint density at radius 2 is 2.00 bits per heavy atom. The molecule has 1 amide bonds. The van der Waals surface area contributed by atoms with Crippen LogP contribution in [0.5, 0.6) is 0 Å². The van der Waals surface area contributed by atoms with Crippen LogP contribution in [0.3, 0.4) is 0 Å². The first-order valence-electron chi connectivity index (χ1n) is 9.44. The zero-order chi connectivity index (χ0) is 20.0. The Morgan fingerprint density at radius 3 is 2.68 bits per heavy atom. The van der Waals surface area contributed by atoms with Gasteiger partial charge in [-0.05, 0) is 32.9 Å². The quantitative estimate of drug-likeness (QED) is 0.697. The molecule has 9 nitrogen and oxygen atoms in total. The molecule has 28 heavy (non-hydrogen) atoms. The SMILES string of the molecule is CC(C)(C)OC(=O)NCC(Nc1ccccc1)c1nc(N2CCOCC2)n[nH]1. The van der Waals surface area contributed by atoms with Crippen LogP contribution >= 0.6 is 0 Å². The van der Waals surface area contributed by atoms with Crippen LogP contribution in [0.25, 0.3) is 0 Å². The third-order valence-electron chi connectivity index (χ3n) is 4.08. The number of carbonyl (C=O) groups excluding carboxylic acids is 1. The molecule has 1 aliphatic heterocycles. The van der Waals surface area contributed by atoms with Gasteiger partial charge in [-0.1, -0.05) is 18.2 Å². The van der Waals surface area contributed by atoms with E-state index in [-0.39, 0.29) is 6.04 Å². The Hall–Kier alpha value is -2.81. The van der Waals surface area contributed by atoms with E-state index in [1.165, 1.54) is 0 Å². The summed E-state index contributed by atoms with van der Waals surface area (Å²) in [4.78, 5) is 18.8. The maximum absolute atomic E-state index is 12.1. The van der Waals surface area contributed by atoms with Crippen LogP contribution in [0.15, 0.2) is 30.3 Å². The van der Waals surface area contributed by atoms with Crippen molar-refractivity contribution in [3.63, 3.8) is 0 Å². The van der Waals surface area contributed by atoms with Gasteiger partial charge in [-0.25, -0.2) is 4.79 Å². The van der Waals surface area contributed by atoms with Crippen molar-refractivity contribution in [3.05, 3.63) is 36.2 Å². The van der Waals surface area contributed by atoms with Crippen molar-refractivity contribution >= 4 is 17.7 Å². The number of carbonyl (C=O) groups is 1. The zero-order valence-electron chi connectivity index (χ0n) is 16.6. The van der Waals surface area contributed by atoms with E-state index in [2.05, 4.69) is 30.7 Å². The highest BCUT2D eigenvalue weighted by Gasteiger charge is 2.22. The number of nitrogens with zero attached hydrogens (tertiary/aromatic N) is 3. The summed E-state index contributed by atoms with van der Waals surface area (Å²) in [6.07, 6.45) is -0.472. The predicted molar refractivity (Wildman–Crippen MR) is 106 cm³/mol. The lowest BCUT2D eigenvalue weighted by atomic mass is 10.2. The molecule has 0 bridgehead atoms. The summed E-state index contributed by atoms with van der Waals surface area (Å²) >= 11 is 0. The molecule has 0 radical (unpaired) electrons. The van der Waals surface area contributed by atoms with Gasteiger partial charge in [0, 0.05) is 25.3 Å². The molecule has 3 rings (SSSR count). The summed E-state index contributed by atoms with van der Waals surface area (Å²) in [5, 5.41) is 13.5. The van der Waals surface area contributed by atoms with Gasteiger partial charge in [0.05, 0.1) is 13.2 Å². The fourth-order valence-electron chi connectivity index (χ4n) is 2.78. The summed E-state index contributed by atoms with van der Waals surface area (Å²) in [6, 6.07) is 9.46. The molecule has 1 atom stereocenters. The minimum Gasteiger partial charge on any atom is -0.444 e. The molecule has 1 aromatic carbocycles. The van der Waals surface area contributed by atoms with E-state index >= 15 is 0 Å². The average molecular weight is 388 g/mol. The van der Waals surface area contributed by atoms with Crippen LogP contribution in [0.2, 0.25) is 0 Å². The Morgan fingerprint density at radius 1 is 1.29 bits per heavy atom. The third kappa shape index (κ3) is 5.85. The summed E-state index contributed by atoms with van der Waals surface area (Å²) in [7, 11) is 0. The van der Waals surface area contributed by atoms with Crippen molar-refractivity contribution in [2.75, 3.05) is 43.1 Å². The number of aromatic amines is 1. The van der Waals surface area contributed by atoms with Crippen LogP contribution in [-0.4, -0.2) is 59.7 Å². The van der Waals surface area contributed by atoms with Gasteiger partial charge < -0.3 is 25.0 Å². The lowest BCUT2D eigenvalue weighted by molar-refractivity contribution is 0.0525. The summed E-state index contributed by atoms with van der Waals surface area (Å²) < 4.78 is 10.7. The first-order valence-corrected chi connectivity index (χ1v) is 9.44. The van der Waals surface area contributed by atoms with Gasteiger partial charge in [-0.15, -0.1) is 5.10 Å². The number of rotatable bonds is 6. The van der Waals surface area contributed by atoms with Gasteiger partial charge >= 0.3 is 6.09 Å². The van der Waals surface area contributed by atoms with Crippen LogP contribution < -0.4 is 15.5 Å². The number of aromatic nitrogens is 3. The molecule has 2 heterocycles. The minimum absolute atomic E-state index is 0.293. The number of H-pyrrole nitrogens is 1. The van der Waals surface area contributed by atoms with E-state index in [9.17, 15) is 4.79 Å². The van der Waals surface area contributed by atoms with E-state index in [0.29, 0.717) is 31.5 Å². The maximum atomic E-state index is 12.1. The topological polar surface area (TPSA) is 104 Å². The smallest absolute Gasteiger partial charge is 0.407 e. The van der Waals surface area contributed by atoms with Crippen LogP contribution in [0.4, 0.5) is 16.4 Å². The lowest BCUT2D eigenvalue weighted by Gasteiger charge is -2.25. The van der Waals surface area contributed by atoms with E-state index in [1.807, 2.05) is 51.1 Å². The number of ether oxygens (including phenoxy) is 2. The number of morpholine rings is 1. The molecule has 9 heteroatoms. The van der Waals surface area contributed by atoms with Crippen LogP contribution in [-0.2, 0) is 9.47 Å². The van der Waals surface area contributed by atoms with Crippen molar-refractivity contribution in [1.29, 1.82) is 0 Å². The molecule has 0 spiro atoms. The molecule has 1 aliphatic rings. The lowest BCUT2D eigenvalue weighted by Crippen LogP contribution is -2.37. The van der Waals surface area contributed by atoms with Crippen molar-refractivity contribution in [1.82, 2.24) is 20.5 Å². The number of nitrogens with one attached hydrogen (secondary N) is 3. The third-order valence-corrected chi connectivity index (χ3v) is 4.08. The summed E-state index contributed by atoms with van der Waals surface area (Å²) in [6.45, 7) is 8.62. The average Bonchev–Trinajstić information content (AvgIpc) is 3.15. The number of hydrogen-bond acceptors (Lipinski definition) is 7. The van der Waals surface area contributed by atoms with Gasteiger partial charge in [-0.3, -0.25) is 5.10 Å². The highest BCUT2D eigenvalue weighted by molar-refractivity contribution is 5.67. The Balaban J connectivity index is 1.70. The molecule has 0 aliphatic carbocycles. The van der Waals surface area contributed by atoms with Crippen molar-refractivity contribution < 1.29 is 14.3 Å². The van der Waals surface area contributed by atoms with Crippen LogP contribution in [0, 0.1) is 0 Å². The van der Waals surface area contributed by atoms with E-state index < -0.39 is 11.7 Å². The first kappa shape index (κ1) is 19.9. The molecule has 2 aromatic rings. The summed E-state index contributed by atoms with van der Waals surface area (Å²) in [5.41, 5.74) is 0.366. The fraction of sp³-hybridized carbons (Fsp3) is 0.526. The second-order valence-corrected chi connectivity index (χ2v) is 7.57. The molecular weight excluding hydrogens is 360 g/mol. The van der Waals surface area contributed by atoms with Gasteiger partial charge in [0.25, 0.3) is 0 Å². The molecule has 1 fully saturated rings. The fourth-order valence-corrected chi connectivity index (χ4v) is 2.78. The molecule has 152 valence electrons. The molecule has 1 saturated heterocycles. The Bertz CT molecular complexity index is 753.